The number of aromatic carboxylic acids is 1. The fraction of sp³-hybridized carbons (Fsp3) is 0.0909. The van der Waals surface area contributed by atoms with Crippen LogP contribution in [0.2, 0.25) is 0 Å². The maximum atomic E-state index is 10.9. The van der Waals surface area contributed by atoms with Gasteiger partial charge in [0.15, 0.2) is 11.4 Å². The lowest BCUT2D eigenvalue weighted by molar-refractivity contribution is -0.402. The van der Waals surface area contributed by atoms with Crippen molar-refractivity contribution >= 4 is 11.9 Å². The van der Waals surface area contributed by atoms with E-state index in [9.17, 15) is 14.9 Å². The number of aromatic nitrogens is 1. The van der Waals surface area contributed by atoms with Gasteiger partial charge in [0.25, 0.3) is 0 Å². The first kappa shape index (κ1) is 12.6. The van der Waals surface area contributed by atoms with E-state index in [4.69, 9.17) is 14.3 Å². The Labute approximate surface area is 106 Å². The van der Waals surface area contributed by atoms with Crippen LogP contribution in [-0.4, -0.2) is 21.0 Å². The Kier molecular flexibility index (Phi) is 3.42. The van der Waals surface area contributed by atoms with E-state index < -0.39 is 16.8 Å². The van der Waals surface area contributed by atoms with Crippen LogP contribution in [0.1, 0.15) is 16.2 Å². The lowest BCUT2D eigenvalue weighted by Gasteiger charge is -2.05. The minimum atomic E-state index is -1.22. The summed E-state index contributed by atoms with van der Waals surface area (Å²) in [5.74, 6) is -1.34. The van der Waals surface area contributed by atoms with Gasteiger partial charge in [-0.05, 0) is 18.2 Å². The molecule has 8 heteroatoms. The number of hydrogen-bond acceptors (Lipinski definition) is 6. The highest BCUT2D eigenvalue weighted by molar-refractivity contribution is 5.88. The first-order chi connectivity index (χ1) is 9.08. The molecule has 98 valence electrons. The third-order valence-corrected chi connectivity index (χ3v) is 2.17. The van der Waals surface area contributed by atoms with Crippen molar-refractivity contribution in [1.82, 2.24) is 4.98 Å². The molecule has 1 N–H and O–H groups in total. The number of carboxylic acid groups (broad SMARTS) is 1. The van der Waals surface area contributed by atoms with E-state index in [-0.39, 0.29) is 23.8 Å². The predicted octanol–water partition coefficient (Wildman–Crippen LogP) is 1.86. The van der Waals surface area contributed by atoms with E-state index in [2.05, 4.69) is 4.98 Å². The highest BCUT2D eigenvalue weighted by Gasteiger charge is 2.15. The highest BCUT2D eigenvalue weighted by atomic mass is 16.6. The summed E-state index contributed by atoms with van der Waals surface area (Å²) in [4.78, 5) is 24.3. The van der Waals surface area contributed by atoms with Crippen LogP contribution in [-0.2, 0) is 6.61 Å². The molecule has 2 aromatic heterocycles. The van der Waals surface area contributed by atoms with Crippen molar-refractivity contribution in [3.63, 3.8) is 0 Å². The Morgan fingerprint density at radius 1 is 1.47 bits per heavy atom. The fourth-order valence-corrected chi connectivity index (χ4v) is 1.36. The molecule has 0 aliphatic rings. The number of carboxylic acids is 1. The molecule has 2 rings (SSSR count). The summed E-state index contributed by atoms with van der Waals surface area (Å²) >= 11 is 0. The Bertz CT molecular complexity index is 621. The van der Waals surface area contributed by atoms with Crippen LogP contribution >= 0.6 is 0 Å². The predicted molar refractivity (Wildman–Crippen MR) is 60.9 cm³/mol. The molecule has 2 aromatic rings. The smallest absolute Gasteiger partial charge is 0.433 e. The molecule has 0 saturated heterocycles. The van der Waals surface area contributed by atoms with E-state index in [1.54, 1.807) is 0 Å². The van der Waals surface area contributed by atoms with Crippen molar-refractivity contribution in [1.29, 1.82) is 0 Å². The van der Waals surface area contributed by atoms with Crippen molar-refractivity contribution in [2.75, 3.05) is 0 Å². The van der Waals surface area contributed by atoms with Gasteiger partial charge in [0.1, 0.15) is 17.3 Å². The molecule has 0 bridgehead atoms. The molecule has 0 atom stereocenters. The molecule has 0 fully saturated rings. The number of furan rings is 1. The molecular formula is C11H8N2O6. The standard InChI is InChI=1S/C11H8N2O6/c14-11(15)10-8(2-1-5-12-10)18-6-7-3-4-9(19-7)13(16)17/h1-5H,6H2,(H,14,15). The SMILES string of the molecule is O=C(O)c1ncccc1OCc1ccc([N+](=O)[O-])o1. The molecule has 0 aliphatic carbocycles. The van der Waals surface area contributed by atoms with Gasteiger partial charge < -0.3 is 14.3 Å². The molecule has 19 heavy (non-hydrogen) atoms. The van der Waals surface area contributed by atoms with Crippen LogP contribution in [0.4, 0.5) is 5.88 Å². The van der Waals surface area contributed by atoms with Crippen molar-refractivity contribution in [2.45, 2.75) is 6.61 Å². The third-order valence-electron chi connectivity index (χ3n) is 2.17. The zero-order valence-corrected chi connectivity index (χ0v) is 9.48. The van der Waals surface area contributed by atoms with Gasteiger partial charge in [-0.25, -0.2) is 9.78 Å². The van der Waals surface area contributed by atoms with Gasteiger partial charge in [-0.2, -0.15) is 0 Å². The average Bonchev–Trinajstić information content (AvgIpc) is 2.85. The summed E-state index contributed by atoms with van der Waals surface area (Å²) in [6.07, 6.45) is 1.33. The van der Waals surface area contributed by atoms with Crippen molar-refractivity contribution in [3.05, 3.63) is 52.0 Å². The zero-order chi connectivity index (χ0) is 13.8. The normalized spacial score (nSPS) is 10.1. The maximum absolute atomic E-state index is 10.9. The largest absolute Gasteiger partial charge is 0.483 e. The van der Waals surface area contributed by atoms with Gasteiger partial charge >= 0.3 is 11.9 Å². The number of rotatable bonds is 5. The van der Waals surface area contributed by atoms with Crippen molar-refractivity contribution in [2.24, 2.45) is 0 Å². The lowest BCUT2D eigenvalue weighted by atomic mass is 10.3. The van der Waals surface area contributed by atoms with E-state index >= 15 is 0 Å². The molecule has 2 heterocycles. The molecule has 0 unspecified atom stereocenters. The first-order valence-corrected chi connectivity index (χ1v) is 5.12. The molecule has 0 radical (unpaired) electrons. The number of pyridine rings is 1. The third kappa shape index (κ3) is 2.86. The fourth-order valence-electron chi connectivity index (χ4n) is 1.36. The van der Waals surface area contributed by atoms with E-state index in [0.29, 0.717) is 0 Å². The molecule has 8 nitrogen and oxygen atoms in total. The number of ether oxygens (including phenoxy) is 1. The molecule has 0 aliphatic heterocycles. The molecule has 0 spiro atoms. The van der Waals surface area contributed by atoms with Gasteiger partial charge in [0.2, 0.25) is 0 Å². The first-order valence-electron chi connectivity index (χ1n) is 5.12. The number of carbonyl (C=O) groups is 1. The van der Waals surface area contributed by atoms with Crippen LogP contribution in [0.5, 0.6) is 5.75 Å². The van der Waals surface area contributed by atoms with Crippen molar-refractivity contribution < 1.29 is 24.0 Å². The summed E-state index contributed by atoms with van der Waals surface area (Å²) in [6, 6.07) is 5.54. The van der Waals surface area contributed by atoms with E-state index in [0.717, 1.165) is 0 Å². The summed E-state index contributed by atoms with van der Waals surface area (Å²) < 4.78 is 10.1. The Morgan fingerprint density at radius 3 is 2.89 bits per heavy atom. The van der Waals surface area contributed by atoms with Gasteiger partial charge in [0, 0.05) is 6.20 Å². The van der Waals surface area contributed by atoms with Crippen LogP contribution in [0.3, 0.4) is 0 Å². The van der Waals surface area contributed by atoms with Gasteiger partial charge in [0.05, 0.1) is 6.07 Å². The van der Waals surface area contributed by atoms with Gasteiger partial charge in [-0.15, -0.1) is 0 Å². The van der Waals surface area contributed by atoms with Crippen molar-refractivity contribution in [3.8, 4) is 5.75 Å². The second-order valence-corrected chi connectivity index (χ2v) is 3.44. The lowest BCUT2D eigenvalue weighted by Crippen LogP contribution is -2.05. The number of nitrogens with zero attached hydrogens (tertiary/aromatic N) is 2. The number of hydrogen-bond donors (Lipinski definition) is 1. The van der Waals surface area contributed by atoms with Gasteiger partial charge in [-0.1, -0.05) is 0 Å². The summed E-state index contributed by atoms with van der Waals surface area (Å²) in [5.41, 5.74) is -0.233. The zero-order valence-electron chi connectivity index (χ0n) is 9.48. The summed E-state index contributed by atoms with van der Waals surface area (Å²) in [5, 5.41) is 19.3. The monoisotopic (exact) mass is 264 g/mol. The Balaban J connectivity index is 2.10. The topological polar surface area (TPSA) is 116 Å². The minimum Gasteiger partial charge on any atom is -0.483 e. The van der Waals surface area contributed by atoms with Gasteiger partial charge in [-0.3, -0.25) is 10.1 Å². The van der Waals surface area contributed by atoms with Crippen LogP contribution in [0, 0.1) is 10.1 Å². The quantitative estimate of drug-likeness (QED) is 0.647. The average molecular weight is 264 g/mol. The van der Waals surface area contributed by atoms with Crippen LogP contribution < -0.4 is 4.74 Å². The molecular weight excluding hydrogens is 256 g/mol. The molecule has 0 aromatic carbocycles. The summed E-state index contributed by atoms with van der Waals surface area (Å²) in [6.45, 7) is -0.125. The molecule has 0 saturated carbocycles. The Hall–Kier alpha value is -2.90. The summed E-state index contributed by atoms with van der Waals surface area (Å²) in [7, 11) is 0. The highest BCUT2D eigenvalue weighted by Crippen LogP contribution is 2.20. The van der Waals surface area contributed by atoms with Crippen LogP contribution in [0.15, 0.2) is 34.9 Å². The number of nitro groups is 1. The second-order valence-electron chi connectivity index (χ2n) is 3.44. The minimum absolute atomic E-state index is 0.0639. The maximum Gasteiger partial charge on any atom is 0.433 e. The van der Waals surface area contributed by atoms with Crippen LogP contribution in [0.25, 0.3) is 0 Å². The second kappa shape index (κ2) is 5.17. The van der Waals surface area contributed by atoms with E-state index in [1.807, 2.05) is 0 Å². The molecule has 0 amide bonds. The van der Waals surface area contributed by atoms with E-state index in [1.165, 1.54) is 30.5 Å². The Morgan fingerprint density at radius 2 is 2.26 bits per heavy atom.